The van der Waals surface area contributed by atoms with Gasteiger partial charge in [-0.2, -0.15) is 0 Å². The summed E-state index contributed by atoms with van der Waals surface area (Å²) >= 11 is 3.00. The fourth-order valence-electron chi connectivity index (χ4n) is 1.54. The molecule has 5 nitrogen and oxygen atoms in total. The number of hydrogen-bond donors (Lipinski definition) is 1. The molecule has 2 aromatic rings. The zero-order valence-electron chi connectivity index (χ0n) is 10.4. The predicted molar refractivity (Wildman–Crippen MR) is 73.7 cm³/mol. The molecule has 2 N–H and O–H groups in total. The maximum atomic E-state index is 10.8. The molecule has 96 valence electrons. The summed E-state index contributed by atoms with van der Waals surface area (Å²) in [5, 5.41) is 11.1. The summed E-state index contributed by atoms with van der Waals surface area (Å²) in [5.74, 6) is 0.684. The second kappa shape index (κ2) is 5.11. The largest absolute Gasteiger partial charge is 0.369 e. The van der Waals surface area contributed by atoms with E-state index < -0.39 is 0 Å². The summed E-state index contributed by atoms with van der Waals surface area (Å²) in [6.45, 7) is 4.16. The van der Waals surface area contributed by atoms with Crippen LogP contribution in [-0.4, -0.2) is 26.4 Å². The molecule has 0 saturated heterocycles. The Morgan fingerprint density at radius 3 is 2.78 bits per heavy atom. The molecule has 2 aromatic heterocycles. The highest BCUT2D eigenvalue weighted by Gasteiger charge is 2.15. The molecule has 0 unspecified atom stereocenters. The van der Waals surface area contributed by atoms with Crippen molar-refractivity contribution >= 4 is 29.0 Å². The van der Waals surface area contributed by atoms with Gasteiger partial charge in [0.15, 0.2) is 11.0 Å². The molecule has 2 heterocycles. The minimum absolute atomic E-state index is 0.216. The Hall–Kier alpha value is -1.34. The summed E-state index contributed by atoms with van der Waals surface area (Å²) in [6.07, 6.45) is 0. The minimum Gasteiger partial charge on any atom is -0.369 e. The zero-order chi connectivity index (χ0) is 13.3. The number of carbonyl (C=O) groups is 1. The van der Waals surface area contributed by atoms with E-state index in [1.54, 1.807) is 11.3 Å². The van der Waals surface area contributed by atoms with Crippen LogP contribution in [0.25, 0.3) is 11.4 Å². The third-order valence-corrected chi connectivity index (χ3v) is 4.76. The van der Waals surface area contributed by atoms with Crippen LogP contribution in [0.15, 0.2) is 10.5 Å². The standard InChI is InChI=1S/C11H14N4OS2/c1-6-7(2)17-4-8(6)10-13-14-11(15(10)3)18-5-9(12)16/h4H,5H2,1-3H3,(H2,12,16). The van der Waals surface area contributed by atoms with E-state index in [9.17, 15) is 4.79 Å². The molecule has 0 bridgehead atoms. The average molecular weight is 282 g/mol. The van der Waals surface area contributed by atoms with E-state index in [1.165, 1.54) is 22.2 Å². The lowest BCUT2D eigenvalue weighted by molar-refractivity contribution is -0.115. The van der Waals surface area contributed by atoms with Crippen molar-refractivity contribution in [2.45, 2.75) is 19.0 Å². The van der Waals surface area contributed by atoms with Crippen LogP contribution < -0.4 is 5.73 Å². The first-order valence-electron chi connectivity index (χ1n) is 5.36. The smallest absolute Gasteiger partial charge is 0.227 e. The van der Waals surface area contributed by atoms with Gasteiger partial charge in [-0.25, -0.2) is 0 Å². The summed E-state index contributed by atoms with van der Waals surface area (Å²) in [6, 6.07) is 0. The Kier molecular flexibility index (Phi) is 3.72. The Morgan fingerprint density at radius 2 is 2.22 bits per heavy atom. The van der Waals surface area contributed by atoms with Crippen LogP contribution in [0.2, 0.25) is 0 Å². The fourth-order valence-corrected chi connectivity index (χ4v) is 3.06. The van der Waals surface area contributed by atoms with Crippen LogP contribution in [0.1, 0.15) is 10.4 Å². The van der Waals surface area contributed by atoms with Gasteiger partial charge >= 0.3 is 0 Å². The van der Waals surface area contributed by atoms with Crippen molar-refractivity contribution < 1.29 is 4.79 Å². The first kappa shape index (κ1) is 13.1. The molecule has 0 spiro atoms. The quantitative estimate of drug-likeness (QED) is 0.867. The molecule has 0 radical (unpaired) electrons. The second-order valence-electron chi connectivity index (χ2n) is 3.95. The molecule has 18 heavy (non-hydrogen) atoms. The lowest BCUT2D eigenvalue weighted by Gasteiger charge is -2.02. The van der Waals surface area contributed by atoms with Gasteiger partial charge in [-0.3, -0.25) is 4.79 Å². The number of primary amides is 1. The van der Waals surface area contributed by atoms with Gasteiger partial charge in [0.25, 0.3) is 0 Å². The first-order chi connectivity index (χ1) is 8.50. The van der Waals surface area contributed by atoms with Gasteiger partial charge in [0, 0.05) is 22.9 Å². The number of carbonyl (C=O) groups excluding carboxylic acids is 1. The van der Waals surface area contributed by atoms with Crippen LogP contribution >= 0.6 is 23.1 Å². The molecule has 0 aliphatic heterocycles. The second-order valence-corrected chi connectivity index (χ2v) is 5.98. The maximum absolute atomic E-state index is 10.8. The monoisotopic (exact) mass is 282 g/mol. The number of rotatable bonds is 4. The van der Waals surface area contributed by atoms with Gasteiger partial charge in [-0.15, -0.1) is 21.5 Å². The van der Waals surface area contributed by atoms with E-state index in [0.29, 0.717) is 5.16 Å². The van der Waals surface area contributed by atoms with Crippen molar-refractivity contribution in [2.24, 2.45) is 12.8 Å². The highest BCUT2D eigenvalue weighted by molar-refractivity contribution is 7.99. The van der Waals surface area contributed by atoms with E-state index >= 15 is 0 Å². The van der Waals surface area contributed by atoms with Crippen LogP contribution in [0.4, 0.5) is 0 Å². The molecule has 0 fully saturated rings. The number of nitrogens with zero attached hydrogens (tertiary/aromatic N) is 3. The van der Waals surface area contributed by atoms with Gasteiger partial charge < -0.3 is 10.3 Å². The Labute approximate surface area is 113 Å². The number of thioether (sulfide) groups is 1. The van der Waals surface area contributed by atoms with Crippen LogP contribution in [0.5, 0.6) is 0 Å². The Balaban J connectivity index is 2.31. The Morgan fingerprint density at radius 1 is 1.50 bits per heavy atom. The molecule has 0 saturated carbocycles. The van der Waals surface area contributed by atoms with Gasteiger partial charge in [0.1, 0.15) is 0 Å². The van der Waals surface area contributed by atoms with Crippen molar-refractivity contribution in [1.29, 1.82) is 0 Å². The van der Waals surface area contributed by atoms with Crippen molar-refractivity contribution in [3.63, 3.8) is 0 Å². The van der Waals surface area contributed by atoms with Crippen molar-refractivity contribution in [1.82, 2.24) is 14.8 Å². The van der Waals surface area contributed by atoms with Crippen molar-refractivity contribution in [3.05, 3.63) is 15.8 Å². The summed E-state index contributed by atoms with van der Waals surface area (Å²) < 4.78 is 1.89. The fraction of sp³-hybridized carbons (Fsp3) is 0.364. The van der Waals surface area contributed by atoms with E-state index in [4.69, 9.17) is 5.73 Å². The SMILES string of the molecule is Cc1scc(-c2nnc(SCC(N)=O)n2C)c1C. The number of aryl methyl sites for hydroxylation is 1. The maximum Gasteiger partial charge on any atom is 0.227 e. The predicted octanol–water partition coefficient (Wildman–Crippen LogP) is 1.74. The molecule has 2 rings (SSSR count). The zero-order valence-corrected chi connectivity index (χ0v) is 12.1. The minimum atomic E-state index is -0.355. The van der Waals surface area contributed by atoms with E-state index in [1.807, 2.05) is 11.6 Å². The molecule has 1 amide bonds. The van der Waals surface area contributed by atoms with Crippen molar-refractivity contribution in [3.8, 4) is 11.4 Å². The first-order valence-corrected chi connectivity index (χ1v) is 7.22. The number of hydrogen-bond acceptors (Lipinski definition) is 5. The van der Waals surface area contributed by atoms with E-state index in [0.717, 1.165) is 11.4 Å². The third-order valence-electron chi connectivity index (χ3n) is 2.70. The molecule has 0 aromatic carbocycles. The summed E-state index contributed by atoms with van der Waals surface area (Å²) in [5.41, 5.74) is 7.44. The molecule has 0 atom stereocenters. The number of amides is 1. The van der Waals surface area contributed by atoms with Gasteiger partial charge in [-0.1, -0.05) is 11.8 Å². The lowest BCUT2D eigenvalue weighted by atomic mass is 10.2. The van der Waals surface area contributed by atoms with Gasteiger partial charge in [0.2, 0.25) is 5.91 Å². The number of nitrogens with two attached hydrogens (primary N) is 1. The third kappa shape index (κ3) is 2.41. The van der Waals surface area contributed by atoms with E-state index in [-0.39, 0.29) is 11.7 Å². The van der Waals surface area contributed by atoms with Gasteiger partial charge in [-0.05, 0) is 19.4 Å². The van der Waals surface area contributed by atoms with E-state index in [2.05, 4.69) is 29.4 Å². The van der Waals surface area contributed by atoms with Crippen LogP contribution in [-0.2, 0) is 11.8 Å². The van der Waals surface area contributed by atoms with Crippen LogP contribution in [0.3, 0.4) is 0 Å². The molecule has 0 aliphatic rings. The number of thiophene rings is 1. The van der Waals surface area contributed by atoms with Crippen LogP contribution in [0, 0.1) is 13.8 Å². The average Bonchev–Trinajstić information content (AvgIpc) is 2.82. The van der Waals surface area contributed by atoms with Gasteiger partial charge in [0.05, 0.1) is 5.75 Å². The Bertz CT molecular complexity index is 588. The topological polar surface area (TPSA) is 73.8 Å². The highest BCUT2D eigenvalue weighted by Crippen LogP contribution is 2.30. The molecule has 0 aliphatic carbocycles. The lowest BCUT2D eigenvalue weighted by Crippen LogP contribution is -2.13. The summed E-state index contributed by atoms with van der Waals surface area (Å²) in [7, 11) is 1.89. The van der Waals surface area contributed by atoms with Crippen molar-refractivity contribution in [2.75, 3.05) is 5.75 Å². The number of aromatic nitrogens is 3. The summed E-state index contributed by atoms with van der Waals surface area (Å²) in [4.78, 5) is 12.0. The highest BCUT2D eigenvalue weighted by atomic mass is 32.2. The normalized spacial score (nSPS) is 10.8. The molecular formula is C11H14N4OS2. The molecule has 7 heteroatoms. The molecular weight excluding hydrogens is 268 g/mol.